The molecule has 0 spiro atoms. The van der Waals surface area contributed by atoms with Gasteiger partial charge < -0.3 is 16.6 Å². The van der Waals surface area contributed by atoms with Crippen molar-refractivity contribution in [3.05, 3.63) is 35.4 Å². The Morgan fingerprint density at radius 2 is 1.94 bits per heavy atom. The fourth-order valence-electron chi connectivity index (χ4n) is 1.31. The minimum atomic E-state index is -0.902. The summed E-state index contributed by atoms with van der Waals surface area (Å²) in [5.74, 6) is -0.908. The Labute approximate surface area is 99.5 Å². The summed E-state index contributed by atoms with van der Waals surface area (Å²) in [6.07, 6.45) is 2.10. The Kier molecular flexibility index (Phi) is 4.28. The Morgan fingerprint density at radius 1 is 1.35 bits per heavy atom. The molecule has 0 fully saturated rings. The second kappa shape index (κ2) is 5.69. The van der Waals surface area contributed by atoms with E-state index in [4.69, 9.17) is 16.6 Å². The normalized spacial score (nSPS) is 11.0. The van der Waals surface area contributed by atoms with Gasteiger partial charge in [-0.25, -0.2) is 9.79 Å². The molecule has 0 atom stereocenters. The molecule has 1 aromatic carbocycles. The van der Waals surface area contributed by atoms with Crippen LogP contribution in [-0.2, 0) is 4.79 Å². The molecule has 1 rings (SSSR count). The Morgan fingerprint density at radius 3 is 2.35 bits per heavy atom. The molecule has 17 heavy (non-hydrogen) atoms. The largest absolute Gasteiger partial charge is 0.478 e. The van der Waals surface area contributed by atoms with E-state index >= 15 is 0 Å². The van der Waals surface area contributed by atoms with Crippen molar-refractivity contribution in [2.75, 3.05) is 0 Å². The van der Waals surface area contributed by atoms with Crippen molar-refractivity contribution < 1.29 is 9.90 Å². The zero-order chi connectivity index (χ0) is 12.8. The van der Waals surface area contributed by atoms with Crippen LogP contribution in [0.3, 0.4) is 0 Å². The first kappa shape index (κ1) is 12.8. The number of carboxylic acids is 1. The van der Waals surface area contributed by atoms with Gasteiger partial charge in [0.15, 0.2) is 5.96 Å². The molecule has 0 aliphatic rings. The summed E-state index contributed by atoms with van der Waals surface area (Å²) in [5.41, 5.74) is 12.3. The third-order valence-electron chi connectivity index (χ3n) is 2.15. The fourth-order valence-corrected chi connectivity index (χ4v) is 1.31. The van der Waals surface area contributed by atoms with E-state index in [-0.39, 0.29) is 5.96 Å². The molecular weight excluding hydrogens is 218 g/mol. The Balaban J connectivity index is 2.95. The van der Waals surface area contributed by atoms with Gasteiger partial charge in [-0.1, -0.05) is 19.1 Å². The first-order chi connectivity index (χ1) is 8.02. The number of nitrogens with two attached hydrogens (primary N) is 2. The van der Waals surface area contributed by atoms with E-state index in [2.05, 4.69) is 4.99 Å². The smallest absolute Gasteiger partial charge is 0.331 e. The van der Waals surface area contributed by atoms with Crippen molar-refractivity contribution in [2.24, 2.45) is 16.5 Å². The highest BCUT2D eigenvalue weighted by Gasteiger charge is 2.03. The third kappa shape index (κ3) is 3.98. The first-order valence-electron chi connectivity index (χ1n) is 5.16. The molecule has 1 aromatic rings. The maximum atomic E-state index is 10.8. The van der Waals surface area contributed by atoms with Crippen LogP contribution in [-0.4, -0.2) is 17.0 Å². The molecule has 0 aromatic heterocycles. The van der Waals surface area contributed by atoms with Crippen LogP contribution in [0.1, 0.15) is 18.9 Å². The molecule has 5 nitrogen and oxygen atoms in total. The second-order valence-corrected chi connectivity index (χ2v) is 3.46. The molecule has 0 saturated heterocycles. The summed E-state index contributed by atoms with van der Waals surface area (Å²) in [7, 11) is 0. The standard InChI is InChI=1S/C12H15N3O2/c1-2-9(11(16)17)7-8-3-5-10(6-4-8)15-12(13)14/h3-7H,2H2,1H3,(H,16,17)(H4,13,14,15). The quantitative estimate of drug-likeness (QED) is 0.416. The number of aliphatic carboxylic acids is 1. The van der Waals surface area contributed by atoms with Crippen LogP contribution in [0.4, 0.5) is 5.69 Å². The first-order valence-corrected chi connectivity index (χ1v) is 5.16. The third-order valence-corrected chi connectivity index (χ3v) is 2.15. The molecule has 0 heterocycles. The summed E-state index contributed by atoms with van der Waals surface area (Å²) in [4.78, 5) is 14.7. The zero-order valence-corrected chi connectivity index (χ0v) is 9.55. The monoisotopic (exact) mass is 233 g/mol. The van der Waals surface area contributed by atoms with Gasteiger partial charge in [-0.3, -0.25) is 0 Å². The van der Waals surface area contributed by atoms with Crippen molar-refractivity contribution in [2.45, 2.75) is 13.3 Å². The summed E-state index contributed by atoms with van der Waals surface area (Å²) in [6.45, 7) is 1.80. The minimum Gasteiger partial charge on any atom is -0.478 e. The Hall–Kier alpha value is -2.30. The highest BCUT2D eigenvalue weighted by atomic mass is 16.4. The van der Waals surface area contributed by atoms with Crippen LogP contribution in [0.5, 0.6) is 0 Å². The summed E-state index contributed by atoms with van der Waals surface area (Å²) >= 11 is 0. The molecular formula is C12H15N3O2. The number of aliphatic imine (C=N–C) groups is 1. The molecule has 90 valence electrons. The van der Waals surface area contributed by atoms with Crippen LogP contribution in [0.25, 0.3) is 6.08 Å². The van der Waals surface area contributed by atoms with Gasteiger partial charge in [0.2, 0.25) is 0 Å². The molecule has 0 amide bonds. The number of rotatable bonds is 4. The van der Waals surface area contributed by atoms with Gasteiger partial charge in [0.1, 0.15) is 0 Å². The van der Waals surface area contributed by atoms with Gasteiger partial charge in [-0.15, -0.1) is 0 Å². The number of carbonyl (C=O) groups is 1. The molecule has 0 aliphatic carbocycles. The molecule has 0 unspecified atom stereocenters. The molecule has 0 aliphatic heterocycles. The van der Waals surface area contributed by atoms with Crippen molar-refractivity contribution in [3.8, 4) is 0 Å². The number of hydrogen-bond donors (Lipinski definition) is 3. The maximum Gasteiger partial charge on any atom is 0.331 e. The van der Waals surface area contributed by atoms with Crippen molar-refractivity contribution in [3.63, 3.8) is 0 Å². The van der Waals surface area contributed by atoms with E-state index in [1.807, 2.05) is 0 Å². The van der Waals surface area contributed by atoms with Crippen LogP contribution in [0.2, 0.25) is 0 Å². The van der Waals surface area contributed by atoms with Crippen LogP contribution in [0, 0.1) is 0 Å². The predicted molar refractivity (Wildman–Crippen MR) is 67.8 cm³/mol. The van der Waals surface area contributed by atoms with E-state index in [1.165, 1.54) is 0 Å². The summed E-state index contributed by atoms with van der Waals surface area (Å²) in [6, 6.07) is 6.97. The highest BCUT2D eigenvalue weighted by molar-refractivity contribution is 5.92. The molecule has 5 N–H and O–H groups in total. The van der Waals surface area contributed by atoms with E-state index in [9.17, 15) is 4.79 Å². The number of carboxylic acid groups (broad SMARTS) is 1. The predicted octanol–water partition coefficient (Wildman–Crippen LogP) is 1.47. The van der Waals surface area contributed by atoms with Crippen LogP contribution < -0.4 is 11.5 Å². The second-order valence-electron chi connectivity index (χ2n) is 3.46. The Bertz CT molecular complexity index is 457. The summed E-state index contributed by atoms with van der Waals surface area (Å²) < 4.78 is 0. The van der Waals surface area contributed by atoms with Gasteiger partial charge in [0.05, 0.1) is 5.69 Å². The lowest BCUT2D eigenvalue weighted by Gasteiger charge is -1.99. The van der Waals surface area contributed by atoms with E-state index in [1.54, 1.807) is 37.3 Å². The van der Waals surface area contributed by atoms with Crippen molar-refractivity contribution in [1.29, 1.82) is 0 Å². The van der Waals surface area contributed by atoms with Crippen LogP contribution in [0.15, 0.2) is 34.8 Å². The van der Waals surface area contributed by atoms with Gasteiger partial charge in [-0.2, -0.15) is 0 Å². The van der Waals surface area contributed by atoms with Gasteiger partial charge in [-0.05, 0) is 30.2 Å². The highest BCUT2D eigenvalue weighted by Crippen LogP contribution is 2.15. The van der Waals surface area contributed by atoms with Crippen molar-refractivity contribution in [1.82, 2.24) is 0 Å². The van der Waals surface area contributed by atoms with Crippen molar-refractivity contribution >= 4 is 23.7 Å². The van der Waals surface area contributed by atoms with Gasteiger partial charge in [0.25, 0.3) is 0 Å². The average molecular weight is 233 g/mol. The SMILES string of the molecule is CCC(=Cc1ccc(N=C(N)N)cc1)C(=O)O. The average Bonchev–Trinajstić information content (AvgIpc) is 2.26. The number of benzene rings is 1. The van der Waals surface area contributed by atoms with E-state index < -0.39 is 5.97 Å². The molecule has 0 bridgehead atoms. The zero-order valence-electron chi connectivity index (χ0n) is 9.55. The minimum absolute atomic E-state index is 0.00641. The van der Waals surface area contributed by atoms with Crippen LogP contribution >= 0.6 is 0 Å². The molecule has 0 radical (unpaired) electrons. The lowest BCUT2D eigenvalue weighted by molar-refractivity contribution is -0.132. The topological polar surface area (TPSA) is 102 Å². The summed E-state index contributed by atoms with van der Waals surface area (Å²) in [5, 5.41) is 8.88. The van der Waals surface area contributed by atoms with E-state index in [0.717, 1.165) is 5.56 Å². The fraction of sp³-hybridized carbons (Fsp3) is 0.167. The lowest BCUT2D eigenvalue weighted by atomic mass is 10.1. The van der Waals surface area contributed by atoms with Gasteiger partial charge in [0, 0.05) is 5.57 Å². The maximum absolute atomic E-state index is 10.8. The molecule has 0 saturated carbocycles. The number of hydrogen-bond acceptors (Lipinski definition) is 2. The van der Waals surface area contributed by atoms with Gasteiger partial charge >= 0.3 is 5.97 Å². The van der Waals surface area contributed by atoms with E-state index in [0.29, 0.717) is 17.7 Å². The number of guanidine groups is 1. The lowest BCUT2D eigenvalue weighted by Crippen LogP contribution is -2.21. The number of nitrogens with zero attached hydrogens (tertiary/aromatic N) is 1. The molecule has 5 heteroatoms.